The van der Waals surface area contributed by atoms with Crippen LogP contribution in [0.5, 0.6) is 0 Å². The van der Waals surface area contributed by atoms with E-state index in [0.717, 1.165) is 54.7 Å². The van der Waals surface area contributed by atoms with Crippen LogP contribution in [-0.2, 0) is 9.13 Å². The smallest absolute Gasteiger partial charge is 0.146 e. The summed E-state index contributed by atoms with van der Waals surface area (Å²) in [5, 5.41) is 3.73. The maximum atomic E-state index is 16.0. The zero-order chi connectivity index (χ0) is 30.5. The molecule has 4 bridgehead atoms. The summed E-state index contributed by atoms with van der Waals surface area (Å²) in [6.07, 6.45) is 1.11. The average Bonchev–Trinajstić information content (AvgIpc) is 3.60. The van der Waals surface area contributed by atoms with Gasteiger partial charge in [-0.25, -0.2) is 0 Å². The third-order valence-corrected chi connectivity index (χ3v) is 18.2. The minimum Gasteiger partial charge on any atom is -0.314 e. The van der Waals surface area contributed by atoms with Crippen molar-refractivity contribution in [3.05, 3.63) is 165 Å². The van der Waals surface area contributed by atoms with E-state index in [4.69, 9.17) is 0 Å². The van der Waals surface area contributed by atoms with Crippen molar-refractivity contribution in [3.8, 4) is 0 Å². The van der Waals surface area contributed by atoms with Crippen LogP contribution in [0.15, 0.2) is 143 Å². The summed E-state index contributed by atoms with van der Waals surface area (Å²) in [5.41, 5.74) is 8.06. The molecule has 0 fully saturated rings. The fourth-order valence-corrected chi connectivity index (χ4v) is 18.7. The molecule has 0 aliphatic carbocycles. The number of hydrogen-bond donors (Lipinski definition) is 0. The molecule has 4 heterocycles. The van der Waals surface area contributed by atoms with Crippen LogP contribution in [0.3, 0.4) is 0 Å². The van der Waals surface area contributed by atoms with Gasteiger partial charge in [0.2, 0.25) is 0 Å². The van der Waals surface area contributed by atoms with E-state index in [1.807, 2.05) is 48.5 Å². The number of hydrogen-bond acceptors (Lipinski definition) is 2. The lowest BCUT2D eigenvalue weighted by molar-refractivity contribution is 0.575. The number of fused-ring (bicyclic) bond motifs is 4. The van der Waals surface area contributed by atoms with Crippen molar-refractivity contribution in [2.45, 2.75) is 27.7 Å². The topological polar surface area (TPSA) is 34.1 Å². The van der Waals surface area contributed by atoms with Crippen molar-refractivity contribution in [3.63, 3.8) is 0 Å². The van der Waals surface area contributed by atoms with Gasteiger partial charge in [-0.2, -0.15) is 0 Å². The van der Waals surface area contributed by atoms with Gasteiger partial charge in [0.05, 0.1) is 0 Å². The van der Waals surface area contributed by atoms with Crippen LogP contribution in [0.2, 0.25) is 0 Å². The molecule has 0 aromatic heterocycles. The summed E-state index contributed by atoms with van der Waals surface area (Å²) in [4.78, 5) is 0. The van der Waals surface area contributed by atoms with E-state index in [1.54, 1.807) is 0 Å². The van der Waals surface area contributed by atoms with Crippen LogP contribution in [-0.4, -0.2) is 12.3 Å². The van der Waals surface area contributed by atoms with E-state index in [0.29, 0.717) is 12.3 Å². The van der Waals surface area contributed by atoms with Crippen molar-refractivity contribution < 1.29 is 9.13 Å². The molecular weight excluding hydrogens is 574 g/mol. The van der Waals surface area contributed by atoms with Gasteiger partial charge >= 0.3 is 0 Å². The molecule has 4 aliphatic rings. The number of benzene rings is 4. The second-order valence-electron chi connectivity index (χ2n) is 13.3. The van der Waals surface area contributed by atoms with Crippen molar-refractivity contribution >= 4 is 36.1 Å². The Labute approximate surface area is 260 Å². The maximum Gasteiger partial charge on any atom is 0.146 e. The van der Waals surface area contributed by atoms with E-state index in [9.17, 15) is 0 Å². The van der Waals surface area contributed by atoms with Gasteiger partial charge in [0.25, 0.3) is 0 Å². The van der Waals surface area contributed by atoms with Gasteiger partial charge in [-0.15, -0.1) is 0 Å². The maximum absolute atomic E-state index is 16.0. The van der Waals surface area contributed by atoms with Gasteiger partial charge in [0.15, 0.2) is 0 Å². The Morgan fingerprint density at radius 3 is 1.00 bits per heavy atom. The Kier molecular flexibility index (Phi) is 5.95. The molecule has 0 saturated heterocycles. The van der Waals surface area contributed by atoms with Gasteiger partial charge < -0.3 is 9.13 Å². The molecule has 4 aromatic rings. The van der Waals surface area contributed by atoms with Crippen LogP contribution in [0.25, 0.3) is 21.8 Å². The monoisotopic (exact) mass is 610 g/mol. The first-order chi connectivity index (χ1) is 21.1. The van der Waals surface area contributed by atoms with Crippen LogP contribution in [0, 0.1) is 10.8 Å². The fraction of sp³-hybridized carbons (Fsp3) is 0.200. The zero-order valence-electron chi connectivity index (χ0n) is 25.7. The molecule has 4 aliphatic heterocycles. The number of rotatable bonds is 5. The molecule has 218 valence electrons. The number of allylic oxidation sites excluding steroid dienone is 6. The first-order valence-electron chi connectivity index (χ1n) is 15.5. The van der Waals surface area contributed by atoms with Crippen molar-refractivity contribution in [1.82, 2.24) is 0 Å². The Bertz CT molecular complexity index is 1930. The molecule has 4 heteroatoms. The Balaban J connectivity index is 1.41. The molecule has 4 aromatic carbocycles. The molecule has 2 nitrogen and oxygen atoms in total. The van der Waals surface area contributed by atoms with Crippen LogP contribution >= 0.6 is 14.3 Å². The fourth-order valence-electron chi connectivity index (χ4n) is 8.86. The molecule has 0 N–H and O–H groups in total. The van der Waals surface area contributed by atoms with E-state index in [2.05, 4.69) is 100 Å². The van der Waals surface area contributed by atoms with E-state index < -0.39 is 25.1 Å². The minimum absolute atomic E-state index is 0.410. The van der Waals surface area contributed by atoms with Crippen LogP contribution < -0.4 is 0 Å². The zero-order valence-corrected chi connectivity index (χ0v) is 27.5. The first kappa shape index (κ1) is 27.8. The van der Waals surface area contributed by atoms with E-state index in [1.165, 1.54) is 11.1 Å². The second-order valence-corrected chi connectivity index (χ2v) is 18.7. The summed E-state index contributed by atoms with van der Waals surface area (Å²) in [5.74, 6) is 0. The van der Waals surface area contributed by atoms with Gasteiger partial charge in [-0.1, -0.05) is 146 Å². The molecule has 2 unspecified atom stereocenters. The molecule has 0 spiro atoms. The highest BCUT2D eigenvalue weighted by atomic mass is 31.2. The molecule has 0 radical (unpaired) electrons. The summed E-state index contributed by atoms with van der Waals surface area (Å²) >= 11 is 0. The third-order valence-electron chi connectivity index (χ3n) is 10.9. The largest absolute Gasteiger partial charge is 0.314 e. The molecule has 4 atom stereocenters. The van der Waals surface area contributed by atoms with E-state index >= 15 is 9.13 Å². The standard InChI is InChI=1S/C40H36O2P2/c1-27-35(43(41)25-39(27,3)33(29-17-9-5-10-18-29)37(43)31-21-13-7-14-22-31)36-28(2)40(4)26-44(36,42)38(32-23-15-8-16-24-32)34(40)30-19-11-6-12-20-30/h5-24H,25-26H2,1-4H3/t39-,40-,43?,44?/m0/s1. The Hall–Kier alpha value is -3.70. The van der Waals surface area contributed by atoms with Crippen LogP contribution in [0.4, 0.5) is 0 Å². The molecule has 0 saturated carbocycles. The van der Waals surface area contributed by atoms with Crippen molar-refractivity contribution in [1.29, 1.82) is 0 Å². The summed E-state index contributed by atoms with van der Waals surface area (Å²) in [6.45, 7) is 8.88. The Morgan fingerprint density at radius 1 is 0.432 bits per heavy atom. The summed E-state index contributed by atoms with van der Waals surface area (Å²) in [6, 6.07) is 41.5. The van der Waals surface area contributed by atoms with Crippen LogP contribution in [0.1, 0.15) is 49.9 Å². The normalized spacial score (nSPS) is 30.7. The Morgan fingerprint density at radius 2 is 0.705 bits per heavy atom. The van der Waals surface area contributed by atoms with Gasteiger partial charge in [0, 0.05) is 44.4 Å². The highest BCUT2D eigenvalue weighted by molar-refractivity contribution is 7.85. The molecule has 0 amide bonds. The van der Waals surface area contributed by atoms with E-state index in [-0.39, 0.29) is 0 Å². The highest BCUT2D eigenvalue weighted by Gasteiger charge is 2.66. The third kappa shape index (κ3) is 3.45. The summed E-state index contributed by atoms with van der Waals surface area (Å²) < 4.78 is 32.1. The molecule has 8 rings (SSSR count). The minimum atomic E-state index is -3.15. The predicted octanol–water partition coefficient (Wildman–Crippen LogP) is 11.5. The van der Waals surface area contributed by atoms with Crippen molar-refractivity contribution in [2.75, 3.05) is 12.3 Å². The molecule has 44 heavy (non-hydrogen) atoms. The highest BCUT2D eigenvalue weighted by Crippen LogP contribution is 2.92. The van der Waals surface area contributed by atoms with Crippen molar-refractivity contribution in [2.24, 2.45) is 10.8 Å². The van der Waals surface area contributed by atoms with Gasteiger partial charge in [0.1, 0.15) is 14.3 Å². The SMILES string of the molecule is CC1=C(C2=C(C)[C@]3(C)CP2(=O)C(c2ccccc2)=C3c2ccccc2)P2(=O)C[C@]1(C)C(c1ccccc1)=C2c1ccccc1. The quantitative estimate of drug-likeness (QED) is 0.211. The average molecular weight is 611 g/mol. The predicted molar refractivity (Wildman–Crippen MR) is 186 cm³/mol. The molecular formula is C40H36O2P2. The first-order valence-corrected chi connectivity index (χ1v) is 19.3. The van der Waals surface area contributed by atoms with Gasteiger partial charge in [-0.3, -0.25) is 0 Å². The van der Waals surface area contributed by atoms with Gasteiger partial charge in [-0.05, 0) is 47.2 Å². The second kappa shape index (κ2) is 9.40. The summed E-state index contributed by atoms with van der Waals surface area (Å²) in [7, 11) is -6.31. The lowest BCUT2D eigenvalue weighted by atomic mass is 9.72. The lowest BCUT2D eigenvalue weighted by Gasteiger charge is -2.35. The lowest BCUT2D eigenvalue weighted by Crippen LogP contribution is -2.20.